The molecule has 122 valence electrons. The number of hydrogen-bond acceptors (Lipinski definition) is 3. The van der Waals surface area contributed by atoms with E-state index in [0.717, 1.165) is 37.0 Å². The van der Waals surface area contributed by atoms with E-state index in [1.54, 1.807) is 30.3 Å². The van der Waals surface area contributed by atoms with Crippen LogP contribution in [-0.2, 0) is 14.8 Å². The van der Waals surface area contributed by atoms with Crippen LogP contribution in [-0.4, -0.2) is 15.0 Å². The van der Waals surface area contributed by atoms with Crippen LogP contribution >= 0.6 is 0 Å². The van der Waals surface area contributed by atoms with Crippen molar-refractivity contribution in [1.82, 2.24) is 0 Å². The second kappa shape index (κ2) is 6.72. The normalized spacial score (nSPS) is 18.6. The summed E-state index contributed by atoms with van der Waals surface area (Å²) in [5.41, 5.74) is 2.53. The molecule has 5 heteroatoms. The molecule has 1 N–H and O–H groups in total. The van der Waals surface area contributed by atoms with Crippen LogP contribution in [0.4, 0.5) is 5.69 Å². The van der Waals surface area contributed by atoms with Crippen molar-refractivity contribution in [3.05, 3.63) is 59.7 Å². The molecule has 4 nitrogen and oxygen atoms in total. The fourth-order valence-electron chi connectivity index (χ4n) is 2.78. The lowest BCUT2D eigenvalue weighted by Crippen LogP contribution is -2.17. The Bertz CT molecular complexity index is 763. The molecule has 2 aromatic carbocycles. The van der Waals surface area contributed by atoms with Gasteiger partial charge in [-0.1, -0.05) is 35.9 Å². The van der Waals surface area contributed by atoms with Gasteiger partial charge in [0.05, 0.1) is 16.7 Å². The fraction of sp³-hybridized carbons (Fsp3) is 0.333. The number of aryl methyl sites for hydroxylation is 1. The van der Waals surface area contributed by atoms with Gasteiger partial charge in [0, 0.05) is 12.2 Å². The summed E-state index contributed by atoms with van der Waals surface area (Å²) in [6.07, 6.45) is 3.04. The van der Waals surface area contributed by atoms with Crippen molar-refractivity contribution in [3.8, 4) is 0 Å². The third kappa shape index (κ3) is 3.74. The number of rotatable bonds is 4. The van der Waals surface area contributed by atoms with Crippen LogP contribution in [0.2, 0.25) is 0 Å². The molecule has 2 aromatic rings. The highest BCUT2D eigenvalue weighted by Gasteiger charge is 2.22. The van der Waals surface area contributed by atoms with Crippen LogP contribution in [0.1, 0.15) is 36.5 Å². The van der Waals surface area contributed by atoms with Gasteiger partial charge in [0.2, 0.25) is 0 Å². The summed E-state index contributed by atoms with van der Waals surface area (Å²) in [6, 6.07) is 14.3. The molecule has 0 bridgehead atoms. The maximum atomic E-state index is 12.6. The SMILES string of the molecule is Cc1ccc(S(=O)(=O)Nc2ccccc2C2CCCCO2)cc1. The Morgan fingerprint density at radius 3 is 2.48 bits per heavy atom. The molecule has 0 radical (unpaired) electrons. The van der Waals surface area contributed by atoms with Gasteiger partial charge in [0.25, 0.3) is 10.0 Å². The van der Waals surface area contributed by atoms with Crippen molar-refractivity contribution in [3.63, 3.8) is 0 Å². The molecule has 1 heterocycles. The standard InChI is InChI=1S/C18H21NO3S/c1-14-9-11-15(12-10-14)23(20,21)19-17-7-3-2-6-16(17)18-8-4-5-13-22-18/h2-3,6-7,9-12,18-19H,4-5,8,13H2,1H3. The summed E-state index contributed by atoms with van der Waals surface area (Å²) >= 11 is 0. The van der Waals surface area contributed by atoms with E-state index >= 15 is 0 Å². The van der Waals surface area contributed by atoms with Crippen LogP contribution in [0.25, 0.3) is 0 Å². The van der Waals surface area contributed by atoms with Gasteiger partial charge in [-0.3, -0.25) is 4.72 Å². The first kappa shape index (κ1) is 16.0. The van der Waals surface area contributed by atoms with E-state index in [4.69, 9.17) is 4.74 Å². The van der Waals surface area contributed by atoms with Gasteiger partial charge in [-0.15, -0.1) is 0 Å². The van der Waals surface area contributed by atoms with E-state index in [-0.39, 0.29) is 11.0 Å². The Labute approximate surface area is 137 Å². The minimum Gasteiger partial charge on any atom is -0.373 e. The first-order chi connectivity index (χ1) is 11.1. The van der Waals surface area contributed by atoms with Crippen LogP contribution < -0.4 is 4.72 Å². The second-order valence-electron chi connectivity index (χ2n) is 5.86. The van der Waals surface area contributed by atoms with Crippen molar-refractivity contribution < 1.29 is 13.2 Å². The molecular weight excluding hydrogens is 310 g/mol. The third-order valence-electron chi connectivity index (χ3n) is 4.06. The van der Waals surface area contributed by atoms with Crippen molar-refractivity contribution in [2.45, 2.75) is 37.2 Å². The zero-order valence-corrected chi connectivity index (χ0v) is 14.0. The molecule has 1 fully saturated rings. The van der Waals surface area contributed by atoms with Gasteiger partial charge in [0.15, 0.2) is 0 Å². The van der Waals surface area contributed by atoms with Crippen molar-refractivity contribution in [1.29, 1.82) is 0 Å². The Kier molecular flexibility index (Phi) is 4.68. The first-order valence-electron chi connectivity index (χ1n) is 7.86. The molecule has 1 unspecified atom stereocenters. The monoisotopic (exact) mass is 331 g/mol. The largest absolute Gasteiger partial charge is 0.373 e. The van der Waals surface area contributed by atoms with Crippen LogP contribution in [0, 0.1) is 6.92 Å². The van der Waals surface area contributed by atoms with Crippen molar-refractivity contribution in [2.75, 3.05) is 11.3 Å². The predicted molar refractivity (Wildman–Crippen MR) is 91.0 cm³/mol. The molecule has 3 rings (SSSR count). The Balaban J connectivity index is 1.89. The number of hydrogen-bond donors (Lipinski definition) is 1. The summed E-state index contributed by atoms with van der Waals surface area (Å²) in [7, 11) is -3.60. The smallest absolute Gasteiger partial charge is 0.261 e. The average molecular weight is 331 g/mol. The quantitative estimate of drug-likeness (QED) is 0.920. The highest BCUT2D eigenvalue weighted by molar-refractivity contribution is 7.92. The molecule has 1 atom stereocenters. The van der Waals surface area contributed by atoms with E-state index in [0.29, 0.717) is 5.69 Å². The topological polar surface area (TPSA) is 55.4 Å². The maximum Gasteiger partial charge on any atom is 0.261 e. The zero-order chi connectivity index (χ0) is 16.3. The summed E-state index contributed by atoms with van der Waals surface area (Å²) in [6.45, 7) is 2.66. The van der Waals surface area contributed by atoms with E-state index in [1.165, 1.54) is 0 Å². The average Bonchev–Trinajstić information content (AvgIpc) is 2.56. The molecule has 1 aliphatic rings. The van der Waals surface area contributed by atoms with Crippen molar-refractivity contribution in [2.24, 2.45) is 0 Å². The van der Waals surface area contributed by atoms with Gasteiger partial charge < -0.3 is 4.74 Å². The Morgan fingerprint density at radius 2 is 1.78 bits per heavy atom. The van der Waals surface area contributed by atoms with Gasteiger partial charge in [-0.2, -0.15) is 0 Å². The molecule has 0 saturated carbocycles. The molecule has 1 aliphatic heterocycles. The predicted octanol–water partition coefficient (Wildman–Crippen LogP) is 4.04. The van der Waals surface area contributed by atoms with Gasteiger partial charge >= 0.3 is 0 Å². The van der Waals surface area contributed by atoms with Gasteiger partial charge in [0.1, 0.15) is 0 Å². The number of ether oxygens (including phenoxy) is 1. The minimum atomic E-state index is -3.60. The van der Waals surface area contributed by atoms with E-state index in [2.05, 4.69) is 4.72 Å². The number of nitrogens with one attached hydrogen (secondary N) is 1. The van der Waals surface area contributed by atoms with Gasteiger partial charge in [-0.25, -0.2) is 8.42 Å². The molecule has 23 heavy (non-hydrogen) atoms. The lowest BCUT2D eigenvalue weighted by atomic mass is 10.00. The molecule has 0 amide bonds. The first-order valence-corrected chi connectivity index (χ1v) is 9.34. The summed E-state index contributed by atoms with van der Waals surface area (Å²) in [5.74, 6) is 0. The third-order valence-corrected chi connectivity index (χ3v) is 5.44. The number of benzene rings is 2. The minimum absolute atomic E-state index is 0.0410. The van der Waals surface area contributed by atoms with E-state index in [1.807, 2.05) is 25.1 Å². The number of sulfonamides is 1. The number of para-hydroxylation sites is 1. The van der Waals surface area contributed by atoms with Crippen LogP contribution in [0.3, 0.4) is 0 Å². The molecule has 0 aliphatic carbocycles. The molecule has 1 saturated heterocycles. The fourth-order valence-corrected chi connectivity index (χ4v) is 3.87. The number of anilines is 1. The van der Waals surface area contributed by atoms with Crippen molar-refractivity contribution >= 4 is 15.7 Å². The summed E-state index contributed by atoms with van der Waals surface area (Å²) in [4.78, 5) is 0.266. The highest BCUT2D eigenvalue weighted by Crippen LogP contribution is 2.33. The highest BCUT2D eigenvalue weighted by atomic mass is 32.2. The zero-order valence-electron chi connectivity index (χ0n) is 13.2. The molecule has 0 spiro atoms. The van der Waals surface area contributed by atoms with Gasteiger partial charge in [-0.05, 0) is 44.4 Å². The molecule has 0 aromatic heterocycles. The van der Waals surface area contributed by atoms with E-state index in [9.17, 15) is 8.42 Å². The van der Waals surface area contributed by atoms with Crippen LogP contribution in [0.15, 0.2) is 53.4 Å². The Morgan fingerprint density at radius 1 is 1.04 bits per heavy atom. The Hall–Kier alpha value is -1.85. The van der Waals surface area contributed by atoms with E-state index < -0.39 is 10.0 Å². The maximum absolute atomic E-state index is 12.6. The second-order valence-corrected chi connectivity index (χ2v) is 7.54. The molecular formula is C18H21NO3S. The summed E-state index contributed by atoms with van der Waals surface area (Å²) < 4.78 is 33.7. The lowest BCUT2D eigenvalue weighted by Gasteiger charge is -2.25. The lowest BCUT2D eigenvalue weighted by molar-refractivity contribution is 0.0154. The van der Waals surface area contributed by atoms with Crippen LogP contribution in [0.5, 0.6) is 0 Å². The summed E-state index contributed by atoms with van der Waals surface area (Å²) in [5, 5.41) is 0.